The fourth-order valence-electron chi connectivity index (χ4n) is 4.03. The Hall–Kier alpha value is -4.26. The van der Waals surface area contributed by atoms with Gasteiger partial charge in [0.15, 0.2) is 0 Å². The third-order valence-corrected chi connectivity index (χ3v) is 5.90. The van der Waals surface area contributed by atoms with Crippen LogP contribution in [0.1, 0.15) is 59.2 Å². The molecule has 1 N–H and O–H groups in total. The lowest BCUT2D eigenvalue weighted by Gasteiger charge is -2.20. The average Bonchev–Trinajstić information content (AvgIpc) is 3.06. The number of carboxylic acids is 1. The summed E-state index contributed by atoms with van der Waals surface area (Å²) in [4.78, 5) is 50.6. The van der Waals surface area contributed by atoms with E-state index in [0.717, 1.165) is 16.0 Å². The highest BCUT2D eigenvalue weighted by Crippen LogP contribution is 2.27. The van der Waals surface area contributed by atoms with Crippen molar-refractivity contribution >= 4 is 23.8 Å². The lowest BCUT2D eigenvalue weighted by atomic mass is 9.97. The van der Waals surface area contributed by atoms with Gasteiger partial charge in [-0.05, 0) is 48.7 Å². The fourth-order valence-corrected chi connectivity index (χ4v) is 4.03. The third kappa shape index (κ3) is 4.45. The van der Waals surface area contributed by atoms with Gasteiger partial charge >= 0.3 is 11.9 Å². The van der Waals surface area contributed by atoms with Crippen molar-refractivity contribution in [1.82, 2.24) is 4.90 Å². The molecule has 0 saturated carbocycles. The summed E-state index contributed by atoms with van der Waals surface area (Å²) in [6, 6.07) is 18.5. The van der Waals surface area contributed by atoms with Crippen LogP contribution in [0.3, 0.4) is 0 Å². The number of hydrogen-bond donors (Lipinski definition) is 1. The van der Waals surface area contributed by atoms with E-state index in [1.54, 1.807) is 54.6 Å². The Kier molecular flexibility index (Phi) is 6.27. The van der Waals surface area contributed by atoms with Gasteiger partial charge in [-0.1, -0.05) is 54.1 Å². The predicted octanol–water partition coefficient (Wildman–Crippen LogP) is 4.12. The van der Waals surface area contributed by atoms with E-state index in [-0.39, 0.29) is 24.3 Å². The molecule has 0 bridgehead atoms. The molecule has 172 valence electrons. The number of esters is 1. The van der Waals surface area contributed by atoms with E-state index >= 15 is 0 Å². The van der Waals surface area contributed by atoms with E-state index in [1.807, 2.05) is 26.0 Å². The molecular weight excluding hydrogens is 434 g/mol. The summed E-state index contributed by atoms with van der Waals surface area (Å²) >= 11 is 0. The number of aryl methyl sites for hydroxylation is 2. The van der Waals surface area contributed by atoms with Crippen molar-refractivity contribution in [2.75, 3.05) is 6.54 Å². The topological polar surface area (TPSA) is 101 Å². The summed E-state index contributed by atoms with van der Waals surface area (Å²) < 4.78 is 5.40. The summed E-state index contributed by atoms with van der Waals surface area (Å²) in [7, 11) is 0. The predicted molar refractivity (Wildman–Crippen MR) is 124 cm³/mol. The molecule has 1 aliphatic rings. The summed E-state index contributed by atoms with van der Waals surface area (Å²) in [6.45, 7) is 3.55. The second-order valence-electron chi connectivity index (χ2n) is 8.29. The molecule has 0 aromatic heterocycles. The van der Waals surface area contributed by atoms with Gasteiger partial charge in [-0.25, -0.2) is 4.79 Å². The van der Waals surface area contributed by atoms with E-state index in [1.165, 1.54) is 0 Å². The van der Waals surface area contributed by atoms with E-state index in [4.69, 9.17) is 4.74 Å². The third-order valence-electron chi connectivity index (χ3n) is 5.90. The van der Waals surface area contributed by atoms with E-state index in [2.05, 4.69) is 0 Å². The second-order valence-corrected chi connectivity index (χ2v) is 8.29. The summed E-state index contributed by atoms with van der Waals surface area (Å²) in [6.07, 6.45) is 0. The minimum atomic E-state index is -1.15. The van der Waals surface area contributed by atoms with Gasteiger partial charge in [0, 0.05) is 6.54 Å². The van der Waals surface area contributed by atoms with Gasteiger partial charge in [0.1, 0.15) is 6.61 Å². The number of imide groups is 1. The molecule has 2 amide bonds. The van der Waals surface area contributed by atoms with Crippen LogP contribution in [-0.2, 0) is 16.1 Å². The minimum Gasteiger partial charge on any atom is -0.481 e. The van der Waals surface area contributed by atoms with Crippen molar-refractivity contribution in [3.63, 3.8) is 0 Å². The number of rotatable bonds is 7. The van der Waals surface area contributed by atoms with Crippen molar-refractivity contribution in [1.29, 1.82) is 0 Å². The zero-order chi connectivity index (χ0) is 24.4. The number of fused-ring (bicyclic) bond motifs is 1. The Morgan fingerprint density at radius 2 is 1.53 bits per heavy atom. The maximum atomic E-state index is 12.6. The maximum Gasteiger partial charge on any atom is 0.338 e. The molecule has 3 aromatic rings. The summed E-state index contributed by atoms with van der Waals surface area (Å²) in [5.41, 5.74) is 4.06. The monoisotopic (exact) mass is 457 g/mol. The van der Waals surface area contributed by atoms with Gasteiger partial charge in [0.2, 0.25) is 0 Å². The SMILES string of the molecule is Cc1ccc(C(=O)OCc2ccc([C@@H](CN3C(=O)c4ccccc4C3=O)C(=O)O)cc2)c(C)c1. The van der Waals surface area contributed by atoms with Crippen molar-refractivity contribution in [3.05, 3.63) is 106 Å². The molecule has 0 fully saturated rings. The molecule has 0 saturated heterocycles. The van der Waals surface area contributed by atoms with Crippen LogP contribution in [0.5, 0.6) is 0 Å². The number of carbonyl (C=O) groups is 4. The van der Waals surface area contributed by atoms with Crippen LogP contribution in [0.25, 0.3) is 0 Å². The largest absolute Gasteiger partial charge is 0.481 e. The quantitative estimate of drug-likeness (QED) is 0.423. The number of nitrogens with zero attached hydrogens (tertiary/aromatic N) is 1. The highest BCUT2D eigenvalue weighted by Gasteiger charge is 2.38. The van der Waals surface area contributed by atoms with Crippen molar-refractivity contribution in [2.45, 2.75) is 26.4 Å². The van der Waals surface area contributed by atoms with E-state index < -0.39 is 29.7 Å². The zero-order valence-electron chi connectivity index (χ0n) is 18.8. The van der Waals surface area contributed by atoms with Crippen LogP contribution in [-0.4, -0.2) is 40.3 Å². The highest BCUT2D eigenvalue weighted by molar-refractivity contribution is 6.21. The summed E-state index contributed by atoms with van der Waals surface area (Å²) in [5, 5.41) is 9.77. The second kappa shape index (κ2) is 9.31. The Balaban J connectivity index is 1.44. The first kappa shape index (κ1) is 22.9. The van der Waals surface area contributed by atoms with Gasteiger partial charge in [-0.2, -0.15) is 0 Å². The number of amides is 2. The van der Waals surface area contributed by atoms with Gasteiger partial charge in [-0.15, -0.1) is 0 Å². The fraction of sp³-hybridized carbons (Fsp3) is 0.185. The Bertz CT molecular complexity index is 1260. The number of aliphatic carboxylic acids is 1. The smallest absolute Gasteiger partial charge is 0.338 e. The molecule has 1 heterocycles. The van der Waals surface area contributed by atoms with E-state index in [9.17, 15) is 24.3 Å². The normalized spacial score (nSPS) is 13.5. The molecule has 0 unspecified atom stereocenters. The van der Waals surface area contributed by atoms with Crippen molar-refractivity contribution in [2.24, 2.45) is 0 Å². The average molecular weight is 457 g/mol. The molecule has 0 aliphatic carbocycles. The molecular formula is C27H23NO6. The van der Waals surface area contributed by atoms with Gasteiger partial charge in [0.05, 0.1) is 22.6 Å². The number of ether oxygens (including phenoxy) is 1. The number of carboxylic acid groups (broad SMARTS) is 1. The van der Waals surface area contributed by atoms with Crippen LogP contribution in [0.4, 0.5) is 0 Å². The minimum absolute atomic E-state index is 0.0303. The van der Waals surface area contributed by atoms with Gasteiger partial charge in [-0.3, -0.25) is 19.3 Å². The van der Waals surface area contributed by atoms with Crippen molar-refractivity contribution < 1.29 is 29.0 Å². The maximum absolute atomic E-state index is 12.6. The van der Waals surface area contributed by atoms with Crippen LogP contribution >= 0.6 is 0 Å². The standard InChI is InChI=1S/C27H23NO6/c1-16-7-12-20(17(2)13-16)27(33)34-15-18-8-10-19(11-9-18)23(26(31)32)14-28-24(29)21-5-3-4-6-22(21)25(28)30/h3-13,23H,14-15H2,1-2H3,(H,31,32)/t23-/m1/s1. The Morgan fingerprint density at radius 3 is 2.09 bits per heavy atom. The van der Waals surface area contributed by atoms with Crippen LogP contribution in [0, 0.1) is 13.8 Å². The molecule has 34 heavy (non-hydrogen) atoms. The Morgan fingerprint density at radius 1 is 0.912 bits per heavy atom. The molecule has 4 rings (SSSR count). The first-order valence-corrected chi connectivity index (χ1v) is 10.8. The summed E-state index contributed by atoms with van der Waals surface area (Å²) in [5.74, 6) is -3.67. The van der Waals surface area contributed by atoms with Crippen molar-refractivity contribution in [3.8, 4) is 0 Å². The lowest BCUT2D eigenvalue weighted by molar-refractivity contribution is -0.138. The highest BCUT2D eigenvalue weighted by atomic mass is 16.5. The van der Waals surface area contributed by atoms with E-state index in [0.29, 0.717) is 16.7 Å². The molecule has 0 spiro atoms. The van der Waals surface area contributed by atoms with Gasteiger partial charge < -0.3 is 9.84 Å². The molecule has 1 atom stereocenters. The molecule has 1 aliphatic heterocycles. The lowest BCUT2D eigenvalue weighted by Crippen LogP contribution is -2.36. The molecule has 7 heteroatoms. The number of carbonyl (C=O) groups excluding carboxylic acids is 3. The molecule has 0 radical (unpaired) electrons. The Labute approximate surface area is 196 Å². The van der Waals surface area contributed by atoms with Crippen LogP contribution in [0.15, 0.2) is 66.7 Å². The van der Waals surface area contributed by atoms with Crippen LogP contribution in [0.2, 0.25) is 0 Å². The molecule has 3 aromatic carbocycles. The number of benzene rings is 3. The molecule has 7 nitrogen and oxygen atoms in total. The zero-order valence-corrected chi connectivity index (χ0v) is 18.8. The first-order chi connectivity index (χ1) is 16.3. The first-order valence-electron chi connectivity index (χ1n) is 10.8. The van der Waals surface area contributed by atoms with Gasteiger partial charge in [0.25, 0.3) is 11.8 Å². The number of hydrogen-bond acceptors (Lipinski definition) is 5. The van der Waals surface area contributed by atoms with Crippen LogP contribution < -0.4 is 0 Å².